The molecule has 0 saturated carbocycles. The molecule has 0 saturated heterocycles. The minimum absolute atomic E-state index is 0.0884. The topological polar surface area (TPSA) is 141 Å². The number of carbonyl (C=O) groups is 3. The van der Waals surface area contributed by atoms with Crippen molar-refractivity contribution in [2.75, 3.05) is 25.6 Å². The quantitative estimate of drug-likeness (QED) is 0.616. The van der Waals surface area contributed by atoms with Crippen LogP contribution in [-0.2, 0) is 19.1 Å². The summed E-state index contributed by atoms with van der Waals surface area (Å²) in [5.41, 5.74) is 1.13. The van der Waals surface area contributed by atoms with E-state index in [0.717, 1.165) is 5.69 Å². The fourth-order valence-corrected chi connectivity index (χ4v) is 1.93. The molecule has 1 rings (SSSR count). The van der Waals surface area contributed by atoms with E-state index in [9.17, 15) is 14.4 Å². The highest BCUT2D eigenvalue weighted by Gasteiger charge is 2.24. The lowest BCUT2D eigenvalue weighted by Gasteiger charge is -2.16. The van der Waals surface area contributed by atoms with Gasteiger partial charge in [0.25, 0.3) is 5.91 Å². The molecular formula is C17H18N4O5. The number of nitriles is 2. The Morgan fingerprint density at radius 2 is 1.69 bits per heavy atom. The minimum Gasteiger partial charge on any atom is -0.450 e. The summed E-state index contributed by atoms with van der Waals surface area (Å²) in [6.45, 7) is -0.868. The van der Waals surface area contributed by atoms with E-state index < -0.39 is 37.1 Å². The Morgan fingerprint density at radius 1 is 1.08 bits per heavy atom. The van der Waals surface area contributed by atoms with Crippen molar-refractivity contribution in [2.45, 2.75) is 18.9 Å². The van der Waals surface area contributed by atoms with Gasteiger partial charge < -0.3 is 20.1 Å². The zero-order chi connectivity index (χ0) is 19.4. The number of carbonyl (C=O) groups excluding carboxylic acids is 3. The van der Waals surface area contributed by atoms with Gasteiger partial charge in [0.1, 0.15) is 18.2 Å². The summed E-state index contributed by atoms with van der Waals surface area (Å²) in [4.78, 5) is 35.8. The van der Waals surface area contributed by atoms with Crippen molar-refractivity contribution in [1.82, 2.24) is 5.32 Å². The number of benzene rings is 1. The van der Waals surface area contributed by atoms with Gasteiger partial charge in [0.15, 0.2) is 13.2 Å². The summed E-state index contributed by atoms with van der Waals surface area (Å²) in [5.74, 6) is -2.05. The van der Waals surface area contributed by atoms with E-state index in [-0.39, 0.29) is 12.8 Å². The molecule has 26 heavy (non-hydrogen) atoms. The van der Waals surface area contributed by atoms with Crippen LogP contribution < -0.4 is 10.6 Å². The summed E-state index contributed by atoms with van der Waals surface area (Å²) < 4.78 is 9.30. The monoisotopic (exact) mass is 358 g/mol. The lowest BCUT2D eigenvalue weighted by Crippen LogP contribution is -2.42. The molecule has 9 nitrogen and oxygen atoms in total. The van der Waals surface area contributed by atoms with Crippen LogP contribution in [0, 0.1) is 22.7 Å². The zero-order valence-corrected chi connectivity index (χ0v) is 14.2. The van der Waals surface area contributed by atoms with Gasteiger partial charge in [-0.1, -0.05) is 0 Å². The summed E-state index contributed by atoms with van der Waals surface area (Å²) in [7, 11) is 1.74. The molecule has 0 bridgehead atoms. The standard InChI is InChI=1S/C17H18N4O5/c1-20-13-4-2-12(3-5-13)16(23)21-14(17(24)26-11-9-19)6-7-15(22)25-10-8-18/h2-5,14,20H,6-7,10-11H2,1H3,(H,21,23)/t14-/m0/s1. The second-order valence-electron chi connectivity index (χ2n) is 4.98. The minimum atomic E-state index is -1.13. The summed E-state index contributed by atoms with van der Waals surface area (Å²) >= 11 is 0. The largest absolute Gasteiger partial charge is 0.450 e. The Hall–Kier alpha value is -3.59. The second-order valence-corrected chi connectivity index (χ2v) is 4.98. The van der Waals surface area contributed by atoms with Crippen molar-refractivity contribution in [2.24, 2.45) is 0 Å². The van der Waals surface area contributed by atoms with Crippen LogP contribution in [0.1, 0.15) is 23.2 Å². The normalized spacial score (nSPS) is 10.6. The Morgan fingerprint density at radius 3 is 2.27 bits per heavy atom. The number of nitrogens with zero attached hydrogens (tertiary/aromatic N) is 2. The van der Waals surface area contributed by atoms with Crippen molar-refractivity contribution >= 4 is 23.5 Å². The first-order chi connectivity index (χ1) is 12.5. The van der Waals surface area contributed by atoms with Crippen molar-refractivity contribution < 1.29 is 23.9 Å². The lowest BCUT2D eigenvalue weighted by atomic mass is 10.1. The fourth-order valence-electron chi connectivity index (χ4n) is 1.93. The molecule has 136 valence electrons. The Bertz CT molecular complexity index is 718. The van der Waals surface area contributed by atoms with E-state index in [1.807, 2.05) is 0 Å². The number of nitrogens with one attached hydrogen (secondary N) is 2. The van der Waals surface area contributed by atoms with Crippen LogP contribution >= 0.6 is 0 Å². The molecule has 0 heterocycles. The third-order valence-electron chi connectivity index (χ3n) is 3.24. The van der Waals surface area contributed by atoms with Gasteiger partial charge in [0, 0.05) is 24.7 Å². The van der Waals surface area contributed by atoms with Gasteiger partial charge in [0.2, 0.25) is 0 Å². The molecule has 0 fully saturated rings. The number of esters is 2. The molecule has 2 N–H and O–H groups in total. The third-order valence-corrected chi connectivity index (χ3v) is 3.24. The lowest BCUT2D eigenvalue weighted by molar-refractivity contribution is -0.146. The summed E-state index contributed by atoms with van der Waals surface area (Å²) in [5, 5.41) is 22.3. The van der Waals surface area contributed by atoms with Crippen LogP contribution in [0.5, 0.6) is 0 Å². The van der Waals surface area contributed by atoms with E-state index >= 15 is 0 Å². The number of anilines is 1. The highest BCUT2D eigenvalue weighted by atomic mass is 16.5. The molecule has 0 aliphatic carbocycles. The maximum atomic E-state index is 12.3. The molecule has 1 aromatic rings. The number of amides is 1. The average Bonchev–Trinajstić information content (AvgIpc) is 2.67. The van der Waals surface area contributed by atoms with Crippen molar-refractivity contribution in [3.05, 3.63) is 29.8 Å². The maximum absolute atomic E-state index is 12.3. The number of ether oxygens (including phenoxy) is 2. The van der Waals surface area contributed by atoms with Crippen molar-refractivity contribution in [1.29, 1.82) is 10.5 Å². The Labute approximate surface area is 150 Å². The number of rotatable bonds is 9. The Balaban J connectivity index is 2.74. The molecule has 1 aromatic carbocycles. The SMILES string of the molecule is CNc1ccc(C(=O)N[C@@H](CCC(=O)OCC#N)C(=O)OCC#N)cc1. The highest BCUT2D eigenvalue weighted by Crippen LogP contribution is 2.10. The van der Waals surface area contributed by atoms with Crippen LogP contribution in [0.3, 0.4) is 0 Å². The predicted octanol–water partition coefficient (Wildman–Crippen LogP) is 0.740. The van der Waals surface area contributed by atoms with Gasteiger partial charge in [-0.15, -0.1) is 0 Å². The number of hydrogen-bond donors (Lipinski definition) is 2. The Kier molecular flexibility index (Phi) is 8.69. The smallest absolute Gasteiger partial charge is 0.329 e. The van der Waals surface area contributed by atoms with Gasteiger partial charge in [-0.2, -0.15) is 10.5 Å². The van der Waals surface area contributed by atoms with Crippen LogP contribution in [0.4, 0.5) is 5.69 Å². The van der Waals surface area contributed by atoms with E-state index in [1.165, 1.54) is 0 Å². The van der Waals surface area contributed by atoms with Gasteiger partial charge >= 0.3 is 11.9 Å². The molecule has 9 heteroatoms. The second kappa shape index (κ2) is 11.0. The highest BCUT2D eigenvalue weighted by molar-refractivity contribution is 5.97. The average molecular weight is 358 g/mol. The zero-order valence-electron chi connectivity index (χ0n) is 14.2. The van der Waals surface area contributed by atoms with Crippen molar-refractivity contribution in [3.63, 3.8) is 0 Å². The molecule has 0 radical (unpaired) electrons. The summed E-state index contributed by atoms with van der Waals surface area (Å²) in [6, 6.07) is 8.70. The van der Waals surface area contributed by atoms with Crippen LogP contribution in [0.25, 0.3) is 0 Å². The van der Waals surface area contributed by atoms with E-state index in [4.69, 9.17) is 15.3 Å². The summed E-state index contributed by atoms with van der Waals surface area (Å²) in [6.07, 6.45) is -0.290. The predicted molar refractivity (Wildman–Crippen MR) is 89.6 cm³/mol. The molecule has 0 aromatic heterocycles. The van der Waals surface area contributed by atoms with Crippen LogP contribution in [0.2, 0.25) is 0 Å². The van der Waals surface area contributed by atoms with E-state index in [1.54, 1.807) is 43.5 Å². The van der Waals surface area contributed by atoms with Crippen LogP contribution in [0.15, 0.2) is 24.3 Å². The maximum Gasteiger partial charge on any atom is 0.329 e. The fraction of sp³-hybridized carbons (Fsp3) is 0.353. The molecule has 1 atom stereocenters. The first-order valence-electron chi connectivity index (χ1n) is 7.66. The van der Waals surface area contributed by atoms with Gasteiger partial charge in [-0.05, 0) is 30.7 Å². The van der Waals surface area contributed by atoms with Gasteiger partial charge in [0.05, 0.1) is 0 Å². The number of hydrogen-bond acceptors (Lipinski definition) is 8. The van der Waals surface area contributed by atoms with E-state index in [0.29, 0.717) is 5.56 Å². The molecule has 1 amide bonds. The third kappa shape index (κ3) is 6.89. The van der Waals surface area contributed by atoms with Crippen LogP contribution in [-0.4, -0.2) is 44.1 Å². The molecule has 0 aliphatic rings. The molecule has 0 aliphatic heterocycles. The molecular weight excluding hydrogens is 340 g/mol. The first kappa shape index (κ1) is 20.5. The first-order valence-corrected chi connectivity index (χ1v) is 7.66. The van der Waals surface area contributed by atoms with Gasteiger partial charge in [-0.25, -0.2) is 4.79 Å². The van der Waals surface area contributed by atoms with Crippen molar-refractivity contribution in [3.8, 4) is 12.1 Å². The molecule has 0 spiro atoms. The molecule has 0 unspecified atom stereocenters. The van der Waals surface area contributed by atoms with Gasteiger partial charge in [-0.3, -0.25) is 9.59 Å². The van der Waals surface area contributed by atoms with E-state index in [2.05, 4.69) is 15.4 Å².